The van der Waals surface area contributed by atoms with Gasteiger partial charge in [0, 0.05) is 17.1 Å². The summed E-state index contributed by atoms with van der Waals surface area (Å²) in [5, 5.41) is 10.7. The SMILES string of the molecule is COc1ccc(C=C(C#N)c2cc(OC)c(OC)c(OC)c2)cc1N.NC(=O)[C@H](N)Cc1c[nH]c2ccccc12. The number of rotatable bonds is 9. The maximum atomic E-state index is 10.8. The molecular weight excluding hydrogens is 510 g/mol. The monoisotopic (exact) mass is 543 g/mol. The van der Waals surface area contributed by atoms with Crippen molar-refractivity contribution in [1.29, 1.82) is 5.26 Å². The van der Waals surface area contributed by atoms with E-state index >= 15 is 0 Å². The van der Waals surface area contributed by atoms with Crippen LogP contribution in [0, 0.1) is 11.3 Å². The fourth-order valence-electron chi connectivity index (χ4n) is 4.06. The van der Waals surface area contributed by atoms with E-state index in [9.17, 15) is 10.1 Å². The van der Waals surface area contributed by atoms with Crippen LogP contribution in [-0.2, 0) is 11.2 Å². The van der Waals surface area contributed by atoms with E-state index in [4.69, 9.17) is 36.1 Å². The van der Waals surface area contributed by atoms with Gasteiger partial charge in [0.1, 0.15) is 5.75 Å². The Morgan fingerprint density at radius 2 is 1.62 bits per heavy atom. The number of primary amides is 1. The van der Waals surface area contributed by atoms with Crippen LogP contribution in [0.15, 0.2) is 60.8 Å². The Hall–Kier alpha value is -5.14. The van der Waals surface area contributed by atoms with Gasteiger partial charge in [0.2, 0.25) is 11.7 Å². The topological polar surface area (TPSA) is 172 Å². The quantitative estimate of drug-likeness (QED) is 0.140. The van der Waals surface area contributed by atoms with Crippen molar-refractivity contribution >= 4 is 34.1 Å². The van der Waals surface area contributed by atoms with Gasteiger partial charge in [-0.15, -0.1) is 0 Å². The third-order valence-electron chi connectivity index (χ3n) is 6.14. The molecule has 0 unspecified atom stereocenters. The molecule has 0 saturated carbocycles. The number of amides is 1. The molecule has 10 nitrogen and oxygen atoms in total. The molecule has 0 saturated heterocycles. The van der Waals surface area contributed by atoms with Gasteiger partial charge in [-0.3, -0.25) is 4.79 Å². The number of aromatic nitrogens is 1. The molecule has 1 atom stereocenters. The van der Waals surface area contributed by atoms with Crippen LogP contribution in [-0.4, -0.2) is 45.4 Å². The normalized spacial score (nSPS) is 11.6. The van der Waals surface area contributed by atoms with Gasteiger partial charge in [-0.2, -0.15) is 5.26 Å². The minimum atomic E-state index is -0.621. The lowest BCUT2D eigenvalue weighted by atomic mass is 10.0. The van der Waals surface area contributed by atoms with E-state index in [2.05, 4.69) is 11.1 Å². The van der Waals surface area contributed by atoms with Crippen molar-refractivity contribution in [3.8, 4) is 29.1 Å². The third-order valence-corrected chi connectivity index (χ3v) is 6.14. The molecule has 1 heterocycles. The molecule has 10 heteroatoms. The lowest BCUT2D eigenvalue weighted by molar-refractivity contribution is -0.119. The number of nitrogens with one attached hydrogen (secondary N) is 1. The third kappa shape index (κ3) is 6.83. The zero-order valence-corrected chi connectivity index (χ0v) is 22.9. The van der Waals surface area contributed by atoms with Crippen LogP contribution in [0.25, 0.3) is 22.6 Å². The molecule has 4 rings (SSSR count). The molecule has 1 amide bonds. The number of nitrogens with zero attached hydrogens (tertiary/aromatic N) is 1. The molecule has 0 aliphatic carbocycles. The molecule has 3 aromatic carbocycles. The highest BCUT2D eigenvalue weighted by Gasteiger charge is 2.16. The molecule has 1 aromatic heterocycles. The number of nitrogen functional groups attached to an aromatic ring is 1. The highest BCUT2D eigenvalue weighted by atomic mass is 16.5. The van der Waals surface area contributed by atoms with Crippen LogP contribution >= 0.6 is 0 Å². The van der Waals surface area contributed by atoms with Crippen molar-refractivity contribution in [2.45, 2.75) is 12.5 Å². The van der Waals surface area contributed by atoms with Crippen LogP contribution < -0.4 is 36.1 Å². The zero-order valence-electron chi connectivity index (χ0n) is 22.9. The first-order valence-electron chi connectivity index (χ1n) is 12.2. The number of hydrogen-bond donors (Lipinski definition) is 4. The first kappa shape index (κ1) is 29.4. The largest absolute Gasteiger partial charge is 0.495 e. The highest BCUT2D eigenvalue weighted by molar-refractivity contribution is 5.91. The smallest absolute Gasteiger partial charge is 0.234 e. The number of nitrogens with two attached hydrogens (primary N) is 3. The van der Waals surface area contributed by atoms with Crippen molar-refractivity contribution in [3.63, 3.8) is 0 Å². The number of H-pyrrole nitrogens is 1. The Morgan fingerprint density at radius 3 is 2.17 bits per heavy atom. The number of para-hydroxylation sites is 1. The average molecular weight is 544 g/mol. The van der Waals surface area contributed by atoms with E-state index in [1.165, 1.54) is 21.3 Å². The minimum Gasteiger partial charge on any atom is -0.495 e. The lowest BCUT2D eigenvalue weighted by Crippen LogP contribution is -2.38. The van der Waals surface area contributed by atoms with E-state index in [1.807, 2.05) is 36.5 Å². The predicted molar refractivity (Wildman–Crippen MR) is 156 cm³/mol. The number of anilines is 1. The number of methoxy groups -OCH3 is 4. The molecule has 0 bridgehead atoms. The summed E-state index contributed by atoms with van der Waals surface area (Å²) in [6, 6.07) is 18.2. The van der Waals surface area contributed by atoms with E-state index < -0.39 is 11.9 Å². The Labute approximate surface area is 232 Å². The summed E-state index contributed by atoms with van der Waals surface area (Å²) in [6.45, 7) is 0. The molecule has 40 heavy (non-hydrogen) atoms. The van der Waals surface area contributed by atoms with Crippen LogP contribution in [0.1, 0.15) is 16.7 Å². The second-order valence-corrected chi connectivity index (χ2v) is 8.66. The van der Waals surface area contributed by atoms with Crippen molar-refractivity contribution in [3.05, 3.63) is 77.5 Å². The number of benzene rings is 3. The van der Waals surface area contributed by atoms with Crippen LogP contribution in [0.3, 0.4) is 0 Å². The summed E-state index contributed by atoms with van der Waals surface area (Å²) < 4.78 is 21.1. The van der Waals surface area contributed by atoms with E-state index in [1.54, 1.807) is 37.5 Å². The van der Waals surface area contributed by atoms with Gasteiger partial charge < -0.3 is 41.1 Å². The number of nitriles is 1. The van der Waals surface area contributed by atoms with Gasteiger partial charge >= 0.3 is 0 Å². The van der Waals surface area contributed by atoms with Crippen molar-refractivity contribution < 1.29 is 23.7 Å². The number of carbonyl (C=O) groups is 1. The number of carbonyl (C=O) groups excluding carboxylic acids is 1. The standard InChI is InChI=1S/C19H20N2O4.C11H13N3O/c1-22-16-6-5-12(8-15(16)21)7-14(11-20)13-9-17(23-2)19(25-4)18(10-13)24-3;12-9(11(13)15)5-7-6-14-10-4-2-1-3-8(7)10/h5-10H,21H2,1-4H3;1-4,6,9,14H,5,12H2,(H2,13,15)/t;9-/m.1/s1. The average Bonchev–Trinajstić information content (AvgIpc) is 3.38. The molecule has 0 aliphatic rings. The van der Waals surface area contributed by atoms with Gasteiger partial charge in [0.15, 0.2) is 11.5 Å². The predicted octanol–water partition coefficient (Wildman–Crippen LogP) is 3.89. The first-order chi connectivity index (χ1) is 19.3. The van der Waals surface area contributed by atoms with Gasteiger partial charge in [0.05, 0.1) is 51.8 Å². The molecule has 0 fully saturated rings. The molecule has 0 aliphatic heterocycles. The summed E-state index contributed by atoms with van der Waals surface area (Å²) in [6.07, 6.45) is 4.07. The number of fused-ring (bicyclic) bond motifs is 1. The molecule has 0 radical (unpaired) electrons. The van der Waals surface area contributed by atoms with Crippen molar-refractivity contribution in [1.82, 2.24) is 4.98 Å². The Bertz CT molecular complexity index is 1530. The second kappa shape index (κ2) is 13.6. The van der Waals surface area contributed by atoms with Gasteiger partial charge in [0.25, 0.3) is 0 Å². The Morgan fingerprint density at radius 1 is 0.975 bits per heavy atom. The Balaban J connectivity index is 0.000000249. The van der Waals surface area contributed by atoms with Gasteiger partial charge in [-0.05, 0) is 59.5 Å². The summed E-state index contributed by atoms with van der Waals surface area (Å²) >= 11 is 0. The number of ether oxygens (including phenoxy) is 4. The molecule has 208 valence electrons. The van der Waals surface area contributed by atoms with Crippen LogP contribution in [0.2, 0.25) is 0 Å². The fraction of sp³-hybridized carbons (Fsp3) is 0.200. The van der Waals surface area contributed by atoms with Crippen molar-refractivity contribution in [2.24, 2.45) is 11.5 Å². The first-order valence-corrected chi connectivity index (χ1v) is 12.2. The molecular formula is C30H33N5O5. The van der Waals surface area contributed by atoms with Gasteiger partial charge in [-0.1, -0.05) is 24.3 Å². The summed E-state index contributed by atoms with van der Waals surface area (Å²) in [5.74, 6) is 1.54. The number of aromatic amines is 1. The molecule has 7 N–H and O–H groups in total. The van der Waals surface area contributed by atoms with E-state index in [0.29, 0.717) is 46.2 Å². The number of allylic oxidation sites excluding steroid dienone is 1. The van der Waals surface area contributed by atoms with Crippen LogP contribution in [0.5, 0.6) is 23.0 Å². The van der Waals surface area contributed by atoms with Gasteiger partial charge in [-0.25, -0.2) is 0 Å². The second-order valence-electron chi connectivity index (χ2n) is 8.66. The van der Waals surface area contributed by atoms with E-state index in [-0.39, 0.29) is 0 Å². The maximum absolute atomic E-state index is 10.8. The maximum Gasteiger partial charge on any atom is 0.234 e. The van der Waals surface area contributed by atoms with Crippen molar-refractivity contribution in [2.75, 3.05) is 34.2 Å². The molecule has 4 aromatic rings. The summed E-state index contributed by atoms with van der Waals surface area (Å²) in [4.78, 5) is 14.0. The summed E-state index contributed by atoms with van der Waals surface area (Å²) in [7, 11) is 6.14. The summed E-state index contributed by atoms with van der Waals surface area (Å²) in [5.41, 5.74) is 21.1. The zero-order chi connectivity index (χ0) is 29.2. The lowest BCUT2D eigenvalue weighted by Gasteiger charge is -2.14. The minimum absolute atomic E-state index is 0.434. The fourth-order valence-corrected chi connectivity index (χ4v) is 4.06. The molecule has 0 spiro atoms. The van der Waals surface area contributed by atoms with Crippen LogP contribution in [0.4, 0.5) is 5.69 Å². The highest BCUT2D eigenvalue weighted by Crippen LogP contribution is 2.40. The number of hydrogen-bond acceptors (Lipinski definition) is 8. The van der Waals surface area contributed by atoms with E-state index in [0.717, 1.165) is 22.0 Å². The Kier molecular flexibility index (Phi) is 10.00.